The normalized spacial score (nSPS) is 27.9. The minimum absolute atomic E-state index is 0.106. The number of piperidine rings is 1. The molecule has 1 amide bonds. The number of ether oxygens (including phenoxy) is 1. The Labute approximate surface area is 103 Å². The van der Waals surface area contributed by atoms with Crippen LogP contribution in [0, 0.1) is 0 Å². The Balaban J connectivity index is 1.87. The fourth-order valence-electron chi connectivity index (χ4n) is 2.68. The van der Waals surface area contributed by atoms with Crippen molar-refractivity contribution in [2.75, 3.05) is 26.2 Å². The zero-order valence-corrected chi connectivity index (χ0v) is 10.8. The molecule has 2 saturated heterocycles. The zero-order valence-electron chi connectivity index (χ0n) is 10.8. The van der Waals surface area contributed by atoms with Crippen LogP contribution < -0.4 is 5.73 Å². The van der Waals surface area contributed by atoms with Gasteiger partial charge in [-0.05, 0) is 26.7 Å². The second-order valence-corrected chi connectivity index (χ2v) is 5.25. The maximum atomic E-state index is 11.7. The van der Waals surface area contributed by atoms with E-state index >= 15 is 0 Å². The lowest BCUT2D eigenvalue weighted by molar-refractivity contribution is 0.103. The summed E-state index contributed by atoms with van der Waals surface area (Å²) in [5, 5.41) is 0. The summed E-state index contributed by atoms with van der Waals surface area (Å²) in [7, 11) is 0. The summed E-state index contributed by atoms with van der Waals surface area (Å²) in [5.74, 6) is 0. The molecule has 0 saturated carbocycles. The van der Waals surface area contributed by atoms with E-state index in [1.807, 2.05) is 4.90 Å². The lowest BCUT2D eigenvalue weighted by Gasteiger charge is -2.37. The molecule has 5 nitrogen and oxygen atoms in total. The van der Waals surface area contributed by atoms with Crippen LogP contribution in [0.2, 0.25) is 0 Å². The van der Waals surface area contributed by atoms with E-state index < -0.39 is 0 Å². The monoisotopic (exact) mass is 241 g/mol. The van der Waals surface area contributed by atoms with Gasteiger partial charge >= 0.3 is 6.09 Å². The van der Waals surface area contributed by atoms with Gasteiger partial charge in [-0.1, -0.05) is 0 Å². The van der Waals surface area contributed by atoms with E-state index in [-0.39, 0.29) is 12.2 Å². The summed E-state index contributed by atoms with van der Waals surface area (Å²) in [6, 6.07) is 0.937. The lowest BCUT2D eigenvalue weighted by Crippen LogP contribution is -2.47. The largest absolute Gasteiger partial charge is 0.443 e. The average molecular weight is 241 g/mol. The standard InChI is InChI=1S/C12H23N3O2/c1-9(2)14-5-3-10(4-6-14)15-8-11(7-13)17-12(15)16/h9-11H,3-8,13H2,1-2H3/t11-/m0/s1. The van der Waals surface area contributed by atoms with Crippen LogP contribution >= 0.6 is 0 Å². The highest BCUT2D eigenvalue weighted by Crippen LogP contribution is 2.22. The van der Waals surface area contributed by atoms with Gasteiger partial charge in [-0.25, -0.2) is 4.79 Å². The fraction of sp³-hybridized carbons (Fsp3) is 0.917. The predicted molar refractivity (Wildman–Crippen MR) is 65.8 cm³/mol. The minimum atomic E-state index is -0.177. The Hall–Kier alpha value is -0.810. The number of amides is 1. The van der Waals surface area contributed by atoms with E-state index in [2.05, 4.69) is 18.7 Å². The Morgan fingerprint density at radius 3 is 2.53 bits per heavy atom. The van der Waals surface area contributed by atoms with Crippen LogP contribution in [0.4, 0.5) is 4.79 Å². The Kier molecular flexibility index (Phi) is 3.89. The number of likely N-dealkylation sites (tertiary alicyclic amines) is 1. The summed E-state index contributed by atoms with van der Waals surface area (Å²) in [4.78, 5) is 16.0. The predicted octanol–water partition coefficient (Wildman–Crippen LogP) is 0.639. The van der Waals surface area contributed by atoms with Crippen molar-refractivity contribution in [3.63, 3.8) is 0 Å². The van der Waals surface area contributed by atoms with E-state index in [1.165, 1.54) is 0 Å². The summed E-state index contributed by atoms with van der Waals surface area (Å²) in [5.41, 5.74) is 5.54. The van der Waals surface area contributed by atoms with Crippen molar-refractivity contribution >= 4 is 6.09 Å². The van der Waals surface area contributed by atoms with Crippen LogP contribution in [0.15, 0.2) is 0 Å². The third-order valence-corrected chi connectivity index (χ3v) is 3.84. The van der Waals surface area contributed by atoms with E-state index in [9.17, 15) is 4.79 Å². The number of hydrogen-bond donors (Lipinski definition) is 1. The highest BCUT2D eigenvalue weighted by molar-refractivity contribution is 5.70. The van der Waals surface area contributed by atoms with Crippen molar-refractivity contribution in [1.29, 1.82) is 0 Å². The van der Waals surface area contributed by atoms with Crippen molar-refractivity contribution in [2.24, 2.45) is 5.73 Å². The summed E-state index contributed by atoms with van der Waals surface area (Å²) >= 11 is 0. The van der Waals surface area contributed by atoms with E-state index in [4.69, 9.17) is 10.5 Å². The quantitative estimate of drug-likeness (QED) is 0.787. The smallest absolute Gasteiger partial charge is 0.410 e. The van der Waals surface area contributed by atoms with E-state index in [0.717, 1.165) is 25.9 Å². The average Bonchev–Trinajstić information content (AvgIpc) is 2.71. The molecule has 0 aromatic heterocycles. The van der Waals surface area contributed by atoms with Crippen LogP contribution in [0.3, 0.4) is 0 Å². The third kappa shape index (κ3) is 2.72. The molecule has 2 N–H and O–H groups in total. The first-order valence-corrected chi connectivity index (χ1v) is 6.53. The molecule has 0 aromatic rings. The zero-order chi connectivity index (χ0) is 12.4. The van der Waals surface area contributed by atoms with Crippen molar-refractivity contribution in [3.05, 3.63) is 0 Å². The van der Waals surface area contributed by atoms with E-state index in [1.54, 1.807) is 0 Å². The first kappa shape index (κ1) is 12.6. The van der Waals surface area contributed by atoms with Crippen LogP contribution in [-0.2, 0) is 4.74 Å². The molecule has 2 heterocycles. The molecule has 0 aliphatic carbocycles. The van der Waals surface area contributed by atoms with Crippen LogP contribution in [-0.4, -0.2) is 60.3 Å². The van der Waals surface area contributed by atoms with Crippen LogP contribution in [0.25, 0.3) is 0 Å². The first-order chi connectivity index (χ1) is 8.11. The van der Waals surface area contributed by atoms with Gasteiger partial charge in [0.15, 0.2) is 0 Å². The molecule has 0 radical (unpaired) electrons. The van der Waals surface area contributed by atoms with Gasteiger partial charge in [0.25, 0.3) is 0 Å². The van der Waals surface area contributed by atoms with E-state index in [0.29, 0.717) is 25.2 Å². The molecule has 2 aliphatic rings. The van der Waals surface area contributed by atoms with Gasteiger partial charge in [-0.3, -0.25) is 0 Å². The van der Waals surface area contributed by atoms with Crippen molar-refractivity contribution in [3.8, 4) is 0 Å². The maximum Gasteiger partial charge on any atom is 0.410 e. The number of nitrogens with two attached hydrogens (primary N) is 1. The Bertz CT molecular complexity index is 275. The summed E-state index contributed by atoms with van der Waals surface area (Å²) in [6.07, 6.45) is 1.81. The number of rotatable bonds is 3. The molecule has 2 fully saturated rings. The molecule has 0 unspecified atom stereocenters. The number of hydrogen-bond acceptors (Lipinski definition) is 4. The van der Waals surface area contributed by atoms with Crippen molar-refractivity contribution < 1.29 is 9.53 Å². The molecule has 1 atom stereocenters. The summed E-state index contributed by atoms with van der Waals surface area (Å²) in [6.45, 7) is 7.66. The van der Waals surface area contributed by atoms with Gasteiger partial charge in [0.1, 0.15) is 6.10 Å². The SMILES string of the molecule is CC(C)N1CCC(N2C[C@H](CN)OC2=O)CC1. The van der Waals surface area contributed by atoms with Crippen molar-refractivity contribution in [1.82, 2.24) is 9.80 Å². The third-order valence-electron chi connectivity index (χ3n) is 3.84. The molecule has 0 spiro atoms. The van der Waals surface area contributed by atoms with Gasteiger partial charge in [-0.15, -0.1) is 0 Å². The molecule has 17 heavy (non-hydrogen) atoms. The second-order valence-electron chi connectivity index (χ2n) is 5.25. The fourth-order valence-corrected chi connectivity index (χ4v) is 2.68. The minimum Gasteiger partial charge on any atom is -0.443 e. The Morgan fingerprint density at radius 1 is 1.41 bits per heavy atom. The molecule has 2 aliphatic heterocycles. The Morgan fingerprint density at radius 2 is 2.06 bits per heavy atom. The summed E-state index contributed by atoms with van der Waals surface area (Å²) < 4.78 is 5.20. The number of carbonyl (C=O) groups is 1. The van der Waals surface area contributed by atoms with Crippen molar-refractivity contribution in [2.45, 2.75) is 44.9 Å². The van der Waals surface area contributed by atoms with Crippen LogP contribution in [0.1, 0.15) is 26.7 Å². The molecule has 0 aromatic carbocycles. The molecular weight excluding hydrogens is 218 g/mol. The lowest BCUT2D eigenvalue weighted by atomic mass is 10.0. The van der Waals surface area contributed by atoms with Gasteiger partial charge in [0.2, 0.25) is 0 Å². The topological polar surface area (TPSA) is 58.8 Å². The maximum absolute atomic E-state index is 11.7. The highest BCUT2D eigenvalue weighted by Gasteiger charge is 2.36. The van der Waals surface area contributed by atoms with Gasteiger partial charge in [-0.2, -0.15) is 0 Å². The molecule has 2 rings (SSSR count). The highest BCUT2D eigenvalue weighted by atomic mass is 16.6. The van der Waals surface area contributed by atoms with Gasteiger partial charge < -0.3 is 20.3 Å². The van der Waals surface area contributed by atoms with Crippen LogP contribution in [0.5, 0.6) is 0 Å². The molecular formula is C12H23N3O2. The molecule has 5 heteroatoms. The first-order valence-electron chi connectivity index (χ1n) is 6.53. The number of carbonyl (C=O) groups excluding carboxylic acids is 1. The van der Waals surface area contributed by atoms with Gasteiger partial charge in [0.05, 0.1) is 6.54 Å². The molecule has 0 bridgehead atoms. The van der Waals surface area contributed by atoms with Gasteiger partial charge in [0, 0.05) is 31.7 Å². The number of nitrogens with zero attached hydrogens (tertiary/aromatic N) is 2. The molecule has 98 valence electrons. The number of cyclic esters (lactones) is 1. The second kappa shape index (κ2) is 5.23.